The van der Waals surface area contributed by atoms with Crippen molar-refractivity contribution in [3.63, 3.8) is 0 Å². The minimum Gasteiger partial charge on any atom is -0.335 e. The summed E-state index contributed by atoms with van der Waals surface area (Å²) in [6, 6.07) is 10.4. The van der Waals surface area contributed by atoms with E-state index in [1.54, 1.807) is 29.2 Å². The molecule has 2 aromatic rings. The topological polar surface area (TPSA) is 74.8 Å². The number of thiophene rings is 1. The summed E-state index contributed by atoms with van der Waals surface area (Å²) in [5.74, 6) is -0.219. The van der Waals surface area contributed by atoms with Gasteiger partial charge in [-0.2, -0.15) is 4.31 Å². The fourth-order valence-electron chi connectivity index (χ4n) is 3.20. The summed E-state index contributed by atoms with van der Waals surface area (Å²) < 4.78 is 27.2. The van der Waals surface area contributed by atoms with Gasteiger partial charge in [-0.05, 0) is 43.2 Å². The van der Waals surface area contributed by atoms with Gasteiger partial charge in [0.1, 0.15) is 0 Å². The number of amides is 1. The van der Waals surface area contributed by atoms with Gasteiger partial charge in [0.2, 0.25) is 10.0 Å². The number of nitrogens with zero attached hydrogens (tertiary/aromatic N) is 2. The molecule has 150 valence electrons. The zero-order valence-corrected chi connectivity index (χ0v) is 17.7. The van der Waals surface area contributed by atoms with Gasteiger partial charge in [-0.3, -0.25) is 9.59 Å². The molecular weight excluding hydrogens is 396 g/mol. The van der Waals surface area contributed by atoms with Gasteiger partial charge in [-0.25, -0.2) is 8.42 Å². The lowest BCUT2D eigenvalue weighted by Crippen LogP contribution is -2.50. The lowest BCUT2D eigenvalue weighted by atomic mass is 10.1. The molecule has 6 nitrogen and oxygen atoms in total. The van der Waals surface area contributed by atoms with Gasteiger partial charge in [0.15, 0.2) is 5.78 Å². The van der Waals surface area contributed by atoms with Crippen molar-refractivity contribution in [3.8, 4) is 0 Å². The van der Waals surface area contributed by atoms with Gasteiger partial charge < -0.3 is 4.90 Å². The Morgan fingerprint density at radius 1 is 0.964 bits per heavy atom. The number of aryl methyl sites for hydroxylation is 1. The van der Waals surface area contributed by atoms with Crippen molar-refractivity contribution >= 4 is 33.1 Å². The van der Waals surface area contributed by atoms with Crippen LogP contribution in [0.2, 0.25) is 0 Å². The summed E-state index contributed by atoms with van der Waals surface area (Å²) in [7, 11) is -3.56. The number of rotatable bonds is 6. The highest BCUT2D eigenvalue weighted by Crippen LogP contribution is 2.22. The molecule has 0 unspecified atom stereocenters. The van der Waals surface area contributed by atoms with Crippen LogP contribution >= 0.6 is 11.3 Å². The van der Waals surface area contributed by atoms with Gasteiger partial charge in [0.25, 0.3) is 5.91 Å². The first-order valence-corrected chi connectivity index (χ1v) is 11.6. The molecule has 0 bridgehead atoms. The number of ketones is 1. The number of carbonyl (C=O) groups is 2. The van der Waals surface area contributed by atoms with Crippen LogP contribution in [0.3, 0.4) is 0 Å². The van der Waals surface area contributed by atoms with E-state index in [1.165, 1.54) is 22.6 Å². The van der Waals surface area contributed by atoms with Crippen LogP contribution < -0.4 is 0 Å². The highest BCUT2D eigenvalue weighted by molar-refractivity contribution is 7.89. The second-order valence-electron chi connectivity index (χ2n) is 6.81. The Hall–Kier alpha value is -2.03. The van der Waals surface area contributed by atoms with Crippen LogP contribution in [0.1, 0.15) is 45.2 Å². The van der Waals surface area contributed by atoms with Crippen molar-refractivity contribution in [2.24, 2.45) is 0 Å². The molecule has 3 rings (SSSR count). The third-order valence-electron chi connectivity index (χ3n) is 4.79. The number of sulfonamides is 1. The van der Waals surface area contributed by atoms with Gasteiger partial charge in [-0.15, -0.1) is 11.3 Å². The molecular formula is C20H24N2O4S2. The number of piperazine rings is 1. The van der Waals surface area contributed by atoms with Crippen LogP contribution in [0, 0.1) is 0 Å². The second kappa shape index (κ2) is 8.55. The van der Waals surface area contributed by atoms with Crippen LogP contribution in [0.4, 0.5) is 0 Å². The molecule has 1 aliphatic heterocycles. The minimum absolute atomic E-state index is 0.0649. The Morgan fingerprint density at radius 3 is 2.11 bits per heavy atom. The summed E-state index contributed by atoms with van der Waals surface area (Å²) >= 11 is 1.18. The van der Waals surface area contributed by atoms with Crippen molar-refractivity contribution in [1.29, 1.82) is 0 Å². The molecule has 0 saturated carbocycles. The first-order valence-electron chi connectivity index (χ1n) is 9.32. The predicted molar refractivity (Wildman–Crippen MR) is 109 cm³/mol. The van der Waals surface area contributed by atoms with Gasteiger partial charge >= 0.3 is 0 Å². The molecule has 1 fully saturated rings. The molecule has 1 saturated heterocycles. The van der Waals surface area contributed by atoms with E-state index in [0.29, 0.717) is 22.8 Å². The Morgan fingerprint density at radius 2 is 1.57 bits per heavy atom. The molecule has 1 aromatic heterocycles. The number of hydrogen-bond donors (Lipinski definition) is 0. The Kier molecular flexibility index (Phi) is 6.32. The van der Waals surface area contributed by atoms with E-state index in [1.807, 2.05) is 12.1 Å². The number of benzene rings is 1. The molecule has 0 atom stereocenters. The van der Waals surface area contributed by atoms with Crippen LogP contribution in [0.25, 0.3) is 0 Å². The Balaban J connectivity index is 1.65. The van der Waals surface area contributed by atoms with E-state index in [2.05, 4.69) is 6.92 Å². The van der Waals surface area contributed by atoms with E-state index in [4.69, 9.17) is 0 Å². The number of Topliss-reactive ketones (excluding diaryl/α,β-unsaturated/α-hetero) is 1. The standard InChI is InChI=1S/C20H24N2O4S2/c1-3-4-16-5-7-17(8-6-16)28(25,26)22-13-11-21(12-14-22)20(24)19-10-9-18(27-19)15(2)23/h5-10H,3-4,11-14H2,1-2H3. The second-order valence-corrected chi connectivity index (χ2v) is 9.83. The van der Waals surface area contributed by atoms with Gasteiger partial charge in [0, 0.05) is 26.2 Å². The first kappa shape index (κ1) is 20.7. The van der Waals surface area contributed by atoms with Crippen molar-refractivity contribution in [3.05, 3.63) is 51.7 Å². The van der Waals surface area contributed by atoms with E-state index < -0.39 is 10.0 Å². The summed E-state index contributed by atoms with van der Waals surface area (Å²) in [5, 5.41) is 0. The smallest absolute Gasteiger partial charge is 0.264 e. The average Bonchev–Trinajstić information content (AvgIpc) is 3.19. The van der Waals surface area contributed by atoms with Crippen LogP contribution in [0.5, 0.6) is 0 Å². The molecule has 0 aliphatic carbocycles. The van der Waals surface area contributed by atoms with Gasteiger partial charge in [-0.1, -0.05) is 25.5 Å². The molecule has 0 N–H and O–H groups in total. The zero-order valence-electron chi connectivity index (χ0n) is 16.1. The van der Waals surface area contributed by atoms with Crippen molar-refractivity contribution in [2.75, 3.05) is 26.2 Å². The normalized spacial score (nSPS) is 15.6. The molecule has 0 radical (unpaired) electrons. The molecule has 8 heteroatoms. The first-order chi connectivity index (χ1) is 13.3. The van der Waals surface area contributed by atoms with E-state index in [9.17, 15) is 18.0 Å². The quantitative estimate of drug-likeness (QED) is 0.673. The molecule has 28 heavy (non-hydrogen) atoms. The fraction of sp³-hybridized carbons (Fsp3) is 0.400. The van der Waals surface area contributed by atoms with Crippen LogP contribution in [0.15, 0.2) is 41.3 Å². The zero-order chi connectivity index (χ0) is 20.3. The summed E-state index contributed by atoms with van der Waals surface area (Å²) in [6.45, 7) is 4.74. The Labute approximate surface area is 169 Å². The maximum Gasteiger partial charge on any atom is 0.264 e. The average molecular weight is 421 g/mol. The Bertz CT molecular complexity index is 956. The SMILES string of the molecule is CCCc1ccc(S(=O)(=O)N2CCN(C(=O)c3ccc(C(C)=O)s3)CC2)cc1. The van der Waals surface area contributed by atoms with E-state index in [0.717, 1.165) is 18.4 Å². The third kappa shape index (κ3) is 4.34. The molecule has 0 spiro atoms. The summed E-state index contributed by atoms with van der Waals surface area (Å²) in [5.41, 5.74) is 1.12. The molecule has 1 amide bonds. The van der Waals surface area contributed by atoms with Gasteiger partial charge in [0.05, 0.1) is 14.6 Å². The van der Waals surface area contributed by atoms with Crippen molar-refractivity contribution in [2.45, 2.75) is 31.6 Å². The van der Waals surface area contributed by atoms with E-state index >= 15 is 0 Å². The largest absolute Gasteiger partial charge is 0.335 e. The monoisotopic (exact) mass is 420 g/mol. The number of hydrogen-bond acceptors (Lipinski definition) is 5. The maximum absolute atomic E-state index is 12.9. The minimum atomic E-state index is -3.56. The van der Waals surface area contributed by atoms with Crippen molar-refractivity contribution in [1.82, 2.24) is 9.21 Å². The summed E-state index contributed by atoms with van der Waals surface area (Å²) in [6.07, 6.45) is 1.94. The van der Waals surface area contributed by atoms with E-state index in [-0.39, 0.29) is 29.7 Å². The molecule has 1 aliphatic rings. The summed E-state index contributed by atoms with van der Waals surface area (Å²) in [4.78, 5) is 27.0. The third-order valence-corrected chi connectivity index (χ3v) is 7.88. The highest BCUT2D eigenvalue weighted by Gasteiger charge is 2.30. The lowest BCUT2D eigenvalue weighted by Gasteiger charge is -2.33. The van der Waals surface area contributed by atoms with Crippen molar-refractivity contribution < 1.29 is 18.0 Å². The predicted octanol–water partition coefficient (Wildman–Crippen LogP) is 3.05. The molecule has 1 aromatic carbocycles. The highest BCUT2D eigenvalue weighted by atomic mass is 32.2. The molecule has 2 heterocycles. The maximum atomic E-state index is 12.9. The lowest BCUT2D eigenvalue weighted by molar-refractivity contribution is 0.0702. The fourth-order valence-corrected chi connectivity index (χ4v) is 5.49. The number of carbonyl (C=O) groups excluding carboxylic acids is 2. The van der Waals surface area contributed by atoms with Crippen LogP contribution in [-0.4, -0.2) is 55.5 Å². The van der Waals surface area contributed by atoms with Crippen LogP contribution in [-0.2, 0) is 16.4 Å².